The van der Waals surface area contributed by atoms with Gasteiger partial charge in [0.1, 0.15) is 35.2 Å². The van der Waals surface area contributed by atoms with Crippen molar-refractivity contribution in [2.75, 3.05) is 6.61 Å². The van der Waals surface area contributed by atoms with Gasteiger partial charge in [-0.05, 0) is 96.2 Å². The van der Waals surface area contributed by atoms with E-state index in [0.717, 1.165) is 16.7 Å². The minimum Gasteiger partial charge on any atom is -0.507 e. The molecule has 1 heterocycles. The molecule has 36 heavy (non-hydrogen) atoms. The first-order valence-electron chi connectivity index (χ1n) is 12.1. The molecule has 0 fully saturated rings. The zero-order chi connectivity index (χ0) is 26.7. The molecule has 2 aromatic carbocycles. The predicted molar refractivity (Wildman–Crippen MR) is 141 cm³/mol. The van der Waals surface area contributed by atoms with Crippen LogP contribution in [0.2, 0.25) is 0 Å². The summed E-state index contributed by atoms with van der Waals surface area (Å²) in [6.45, 7) is 13.7. The molecule has 1 aliphatic heterocycles. The van der Waals surface area contributed by atoms with Gasteiger partial charge in [0.05, 0.1) is 11.1 Å². The highest BCUT2D eigenvalue weighted by molar-refractivity contribution is 6.16. The van der Waals surface area contributed by atoms with Gasteiger partial charge in [0.25, 0.3) is 0 Å². The molecule has 0 aliphatic carbocycles. The largest absolute Gasteiger partial charge is 0.507 e. The second-order valence-electron chi connectivity index (χ2n) is 9.94. The number of carbonyl (C=O) groups excluding carboxylic acids is 1. The second-order valence-corrected chi connectivity index (χ2v) is 9.94. The number of allylic oxidation sites excluding steroid dienone is 5. The van der Waals surface area contributed by atoms with Gasteiger partial charge < -0.3 is 24.8 Å². The van der Waals surface area contributed by atoms with Crippen molar-refractivity contribution >= 4 is 5.78 Å². The molecule has 6 heteroatoms. The van der Waals surface area contributed by atoms with Crippen LogP contribution in [-0.2, 0) is 12.8 Å². The van der Waals surface area contributed by atoms with Gasteiger partial charge in [-0.15, -0.1) is 0 Å². The molecule has 0 bridgehead atoms. The van der Waals surface area contributed by atoms with Crippen LogP contribution in [0.5, 0.6) is 23.0 Å². The van der Waals surface area contributed by atoms with Crippen LogP contribution in [0.4, 0.5) is 0 Å². The third kappa shape index (κ3) is 5.65. The average molecular weight is 493 g/mol. The van der Waals surface area contributed by atoms with E-state index in [-0.39, 0.29) is 46.3 Å². The second kappa shape index (κ2) is 11.0. The number of rotatable bonds is 7. The molecule has 6 nitrogen and oxygen atoms in total. The predicted octanol–water partition coefficient (Wildman–Crippen LogP) is 6.38. The first-order chi connectivity index (χ1) is 16.9. The Balaban J connectivity index is 2.29. The first kappa shape index (κ1) is 27.1. The van der Waals surface area contributed by atoms with Crippen LogP contribution in [0.1, 0.15) is 86.0 Å². The van der Waals surface area contributed by atoms with Gasteiger partial charge in [-0.1, -0.05) is 28.9 Å². The van der Waals surface area contributed by atoms with E-state index in [9.17, 15) is 20.1 Å². The average Bonchev–Trinajstić information content (AvgIpc) is 2.89. The van der Waals surface area contributed by atoms with Gasteiger partial charge in [-0.2, -0.15) is 0 Å². The van der Waals surface area contributed by atoms with E-state index in [1.807, 2.05) is 59.8 Å². The quantitative estimate of drug-likeness (QED) is 0.388. The normalized spacial score (nSPS) is 14.1. The molecule has 0 amide bonds. The van der Waals surface area contributed by atoms with E-state index in [1.54, 1.807) is 13.0 Å². The van der Waals surface area contributed by atoms with Gasteiger partial charge in [0.15, 0.2) is 0 Å². The Morgan fingerprint density at radius 2 is 1.50 bits per heavy atom. The number of aliphatic hydroxyl groups excluding tert-OH is 1. The van der Waals surface area contributed by atoms with Crippen LogP contribution in [0.3, 0.4) is 0 Å². The molecule has 1 atom stereocenters. The summed E-state index contributed by atoms with van der Waals surface area (Å²) in [5.74, 6) is -0.787. The standard InChI is InChI=1S/C30H36O6/c1-16(2)8-10-20-15-21(11-9-17(3)4)29-25(26(20)32)27(33)23-22(31)14-19(7)28(24(23)30(34)36-29)35-13-12-18(5)6/h8-9,12,14-15,30-32,34H,10-11,13H2,1-7H3/t30-/m1/s1. The summed E-state index contributed by atoms with van der Waals surface area (Å²) >= 11 is 0. The summed E-state index contributed by atoms with van der Waals surface area (Å²) in [6, 6.07) is 3.24. The number of fused-ring (bicyclic) bond motifs is 2. The van der Waals surface area contributed by atoms with Crippen LogP contribution >= 0.6 is 0 Å². The van der Waals surface area contributed by atoms with Crippen molar-refractivity contribution in [3.8, 4) is 23.0 Å². The zero-order valence-corrected chi connectivity index (χ0v) is 22.2. The Labute approximate surface area is 213 Å². The summed E-state index contributed by atoms with van der Waals surface area (Å²) in [4.78, 5) is 13.9. The van der Waals surface area contributed by atoms with Crippen LogP contribution in [0, 0.1) is 6.92 Å². The van der Waals surface area contributed by atoms with Crippen molar-refractivity contribution < 1.29 is 29.6 Å². The van der Waals surface area contributed by atoms with Crippen molar-refractivity contribution in [2.24, 2.45) is 0 Å². The number of phenols is 2. The third-order valence-corrected chi connectivity index (χ3v) is 6.00. The fraction of sp³-hybridized carbons (Fsp3) is 0.367. The van der Waals surface area contributed by atoms with Crippen LogP contribution in [0.15, 0.2) is 47.1 Å². The number of benzene rings is 2. The molecule has 0 aromatic heterocycles. The molecule has 2 aromatic rings. The molecular formula is C30H36O6. The number of ether oxygens (including phenoxy) is 2. The summed E-state index contributed by atoms with van der Waals surface area (Å²) in [6.07, 6.45) is 5.10. The number of aliphatic hydroxyl groups is 1. The Morgan fingerprint density at radius 1 is 0.917 bits per heavy atom. The minimum absolute atomic E-state index is 0.0502. The zero-order valence-electron chi connectivity index (χ0n) is 22.2. The summed E-state index contributed by atoms with van der Waals surface area (Å²) in [5.41, 5.74) is 4.82. The van der Waals surface area contributed by atoms with Crippen molar-refractivity contribution in [2.45, 2.75) is 67.6 Å². The topological polar surface area (TPSA) is 96.2 Å². The summed E-state index contributed by atoms with van der Waals surface area (Å²) < 4.78 is 11.9. The molecule has 192 valence electrons. The maximum atomic E-state index is 13.9. The number of hydrogen-bond acceptors (Lipinski definition) is 6. The molecular weight excluding hydrogens is 456 g/mol. The van der Waals surface area contributed by atoms with Crippen molar-refractivity contribution in [3.63, 3.8) is 0 Å². The highest BCUT2D eigenvalue weighted by Gasteiger charge is 2.37. The van der Waals surface area contributed by atoms with Crippen molar-refractivity contribution in [3.05, 3.63) is 80.5 Å². The van der Waals surface area contributed by atoms with Gasteiger partial charge in [0.2, 0.25) is 12.1 Å². The van der Waals surface area contributed by atoms with Gasteiger partial charge >= 0.3 is 0 Å². The van der Waals surface area contributed by atoms with E-state index in [2.05, 4.69) is 0 Å². The molecule has 3 N–H and O–H groups in total. The van der Waals surface area contributed by atoms with Crippen molar-refractivity contribution in [1.29, 1.82) is 0 Å². The number of carbonyl (C=O) groups is 1. The van der Waals surface area contributed by atoms with Gasteiger partial charge in [0, 0.05) is 0 Å². The highest BCUT2D eigenvalue weighted by Crippen LogP contribution is 2.47. The lowest BCUT2D eigenvalue weighted by Crippen LogP contribution is -2.13. The van der Waals surface area contributed by atoms with Gasteiger partial charge in [-0.3, -0.25) is 4.79 Å². The molecule has 1 aliphatic rings. The van der Waals surface area contributed by atoms with Crippen molar-refractivity contribution in [1.82, 2.24) is 0 Å². The molecule has 0 radical (unpaired) electrons. The lowest BCUT2D eigenvalue weighted by molar-refractivity contribution is -0.0215. The maximum absolute atomic E-state index is 13.9. The highest BCUT2D eigenvalue weighted by atomic mass is 16.6. The van der Waals surface area contributed by atoms with E-state index in [0.29, 0.717) is 29.5 Å². The third-order valence-electron chi connectivity index (χ3n) is 6.00. The van der Waals surface area contributed by atoms with E-state index < -0.39 is 12.1 Å². The van der Waals surface area contributed by atoms with Gasteiger partial charge in [-0.25, -0.2) is 0 Å². The Hall–Kier alpha value is -3.51. The number of aryl methyl sites for hydroxylation is 1. The number of phenolic OH excluding ortho intramolecular Hbond substituents is 2. The minimum atomic E-state index is -1.59. The maximum Gasteiger partial charge on any atom is 0.228 e. The Kier molecular flexibility index (Phi) is 8.31. The fourth-order valence-corrected chi connectivity index (χ4v) is 4.11. The summed E-state index contributed by atoms with van der Waals surface area (Å²) in [7, 11) is 0. The van der Waals surface area contributed by atoms with Crippen LogP contribution in [-0.4, -0.2) is 27.7 Å². The molecule has 0 saturated heterocycles. The lowest BCUT2D eigenvalue weighted by Gasteiger charge is -2.20. The monoisotopic (exact) mass is 492 g/mol. The Bertz CT molecular complexity index is 1270. The van der Waals surface area contributed by atoms with Crippen LogP contribution in [0.25, 0.3) is 0 Å². The summed E-state index contributed by atoms with van der Waals surface area (Å²) in [5, 5.41) is 33.3. The number of ketones is 1. The molecule has 3 rings (SSSR count). The van der Waals surface area contributed by atoms with E-state index in [4.69, 9.17) is 9.47 Å². The molecule has 0 saturated carbocycles. The van der Waals surface area contributed by atoms with E-state index in [1.165, 1.54) is 6.07 Å². The fourth-order valence-electron chi connectivity index (χ4n) is 4.11. The Morgan fingerprint density at radius 3 is 2.08 bits per heavy atom. The van der Waals surface area contributed by atoms with E-state index >= 15 is 0 Å². The first-order valence-corrected chi connectivity index (χ1v) is 12.1. The lowest BCUT2D eigenvalue weighted by atomic mass is 9.90. The SMILES string of the molecule is CC(C)=CCOc1c(C)cc(O)c2c1[C@H](O)Oc1c(CC=C(C)C)cc(CC=C(C)C)c(O)c1C2=O. The smallest absolute Gasteiger partial charge is 0.228 e. The number of aromatic hydroxyl groups is 2. The molecule has 0 spiro atoms. The molecule has 0 unspecified atom stereocenters. The number of hydrogen-bond donors (Lipinski definition) is 3. The van der Waals surface area contributed by atoms with Crippen LogP contribution < -0.4 is 9.47 Å².